The van der Waals surface area contributed by atoms with Gasteiger partial charge in [0.25, 0.3) is 5.91 Å². The molecular formula is C18H17FN2O4. The van der Waals surface area contributed by atoms with Crippen LogP contribution in [0.15, 0.2) is 48.5 Å². The molecule has 6 nitrogen and oxygen atoms in total. The zero-order valence-electron chi connectivity index (χ0n) is 13.6. The Morgan fingerprint density at radius 1 is 1.16 bits per heavy atom. The molecule has 2 aromatic carbocycles. The minimum absolute atomic E-state index is 0.0831. The van der Waals surface area contributed by atoms with Gasteiger partial charge in [0.15, 0.2) is 11.5 Å². The molecular weight excluding hydrogens is 327 g/mol. The van der Waals surface area contributed by atoms with Crippen molar-refractivity contribution in [3.05, 3.63) is 54.3 Å². The zero-order chi connectivity index (χ0) is 17.8. The lowest BCUT2D eigenvalue weighted by molar-refractivity contribution is -0.141. The standard InChI is InChI=1S/C18H17FN2O4/c1-21(10-17(22)20-13-8-6-12(19)7-9-13)18(23)16-11-24-14-4-2-3-5-15(14)25-16/h2-9,16H,10-11H2,1H3,(H,20,22)/t16-/m0/s1. The molecule has 0 fully saturated rings. The van der Waals surface area contributed by atoms with Gasteiger partial charge >= 0.3 is 0 Å². The molecule has 1 aliphatic rings. The maximum Gasteiger partial charge on any atom is 0.267 e. The van der Waals surface area contributed by atoms with Gasteiger partial charge in [-0.05, 0) is 36.4 Å². The molecule has 1 aliphatic heterocycles. The topological polar surface area (TPSA) is 67.9 Å². The number of fused-ring (bicyclic) bond motifs is 1. The van der Waals surface area contributed by atoms with E-state index in [-0.39, 0.29) is 30.8 Å². The van der Waals surface area contributed by atoms with Crippen LogP contribution in [0.3, 0.4) is 0 Å². The summed E-state index contributed by atoms with van der Waals surface area (Å²) in [5.41, 5.74) is 0.457. The van der Waals surface area contributed by atoms with E-state index in [0.29, 0.717) is 17.2 Å². The molecule has 0 spiro atoms. The molecule has 1 atom stereocenters. The van der Waals surface area contributed by atoms with Crippen LogP contribution in [0.5, 0.6) is 11.5 Å². The lowest BCUT2D eigenvalue weighted by Crippen LogP contribution is -2.47. The van der Waals surface area contributed by atoms with Crippen LogP contribution in [-0.2, 0) is 9.59 Å². The molecule has 2 aromatic rings. The number of para-hydroxylation sites is 2. The molecule has 130 valence electrons. The molecule has 1 N–H and O–H groups in total. The van der Waals surface area contributed by atoms with Crippen LogP contribution < -0.4 is 14.8 Å². The number of likely N-dealkylation sites (N-methyl/N-ethyl adjacent to an activating group) is 1. The van der Waals surface area contributed by atoms with Gasteiger partial charge in [-0.15, -0.1) is 0 Å². The van der Waals surface area contributed by atoms with E-state index in [1.807, 2.05) is 6.07 Å². The first-order chi connectivity index (χ1) is 12.0. The average molecular weight is 344 g/mol. The average Bonchev–Trinajstić information content (AvgIpc) is 2.62. The maximum absolute atomic E-state index is 12.9. The smallest absolute Gasteiger partial charge is 0.267 e. The number of carbonyl (C=O) groups is 2. The van der Waals surface area contributed by atoms with E-state index >= 15 is 0 Å². The fraction of sp³-hybridized carbons (Fsp3) is 0.222. The van der Waals surface area contributed by atoms with Crippen LogP contribution >= 0.6 is 0 Å². The summed E-state index contributed by atoms with van der Waals surface area (Å²) in [5, 5.41) is 2.60. The second kappa shape index (κ2) is 7.21. The molecule has 0 saturated carbocycles. The summed E-state index contributed by atoms with van der Waals surface area (Å²) in [6.07, 6.45) is -0.807. The van der Waals surface area contributed by atoms with Gasteiger partial charge in [0.2, 0.25) is 12.0 Å². The quantitative estimate of drug-likeness (QED) is 0.922. The third-order valence-electron chi connectivity index (χ3n) is 3.67. The SMILES string of the molecule is CN(CC(=O)Nc1ccc(F)cc1)C(=O)[C@@H]1COc2ccccc2O1. The van der Waals surface area contributed by atoms with Crippen LogP contribution in [0.2, 0.25) is 0 Å². The lowest BCUT2D eigenvalue weighted by atomic mass is 10.2. The van der Waals surface area contributed by atoms with Crippen molar-refractivity contribution in [2.45, 2.75) is 6.10 Å². The fourth-order valence-electron chi connectivity index (χ4n) is 2.41. The summed E-state index contributed by atoms with van der Waals surface area (Å²) in [5.74, 6) is -0.0529. The third kappa shape index (κ3) is 4.06. The van der Waals surface area contributed by atoms with Crippen LogP contribution in [0.4, 0.5) is 10.1 Å². The van der Waals surface area contributed by atoms with E-state index in [0.717, 1.165) is 0 Å². The van der Waals surface area contributed by atoms with Crippen molar-refractivity contribution >= 4 is 17.5 Å². The van der Waals surface area contributed by atoms with Gasteiger partial charge in [-0.1, -0.05) is 12.1 Å². The number of hydrogen-bond donors (Lipinski definition) is 1. The Balaban J connectivity index is 1.56. The summed E-state index contributed by atoms with van der Waals surface area (Å²) in [7, 11) is 1.51. The molecule has 0 unspecified atom stereocenters. The number of rotatable bonds is 4. The summed E-state index contributed by atoms with van der Waals surface area (Å²) in [4.78, 5) is 25.7. The lowest BCUT2D eigenvalue weighted by Gasteiger charge is -2.28. The predicted octanol–water partition coefficient (Wildman–Crippen LogP) is 2.06. The van der Waals surface area contributed by atoms with Crippen LogP contribution in [0.25, 0.3) is 0 Å². The highest BCUT2D eigenvalue weighted by Crippen LogP contribution is 2.31. The Hall–Kier alpha value is -3.09. The highest BCUT2D eigenvalue weighted by Gasteiger charge is 2.30. The fourth-order valence-corrected chi connectivity index (χ4v) is 2.41. The van der Waals surface area contributed by atoms with Crippen molar-refractivity contribution < 1.29 is 23.5 Å². The van der Waals surface area contributed by atoms with E-state index < -0.39 is 6.10 Å². The first kappa shape index (κ1) is 16.8. The normalized spacial score (nSPS) is 15.4. The van der Waals surface area contributed by atoms with Gasteiger partial charge < -0.3 is 19.7 Å². The first-order valence-corrected chi connectivity index (χ1v) is 7.72. The zero-order valence-corrected chi connectivity index (χ0v) is 13.6. The molecule has 3 rings (SSSR count). The highest BCUT2D eigenvalue weighted by molar-refractivity contribution is 5.95. The molecule has 0 bridgehead atoms. The Morgan fingerprint density at radius 3 is 2.56 bits per heavy atom. The number of hydrogen-bond acceptors (Lipinski definition) is 4. The van der Waals surface area contributed by atoms with Crippen molar-refractivity contribution in [3.8, 4) is 11.5 Å². The number of anilines is 1. The van der Waals surface area contributed by atoms with Crippen molar-refractivity contribution in [2.75, 3.05) is 25.5 Å². The largest absolute Gasteiger partial charge is 0.485 e. The molecule has 0 aliphatic carbocycles. The number of amides is 2. The third-order valence-corrected chi connectivity index (χ3v) is 3.67. The molecule has 7 heteroatoms. The van der Waals surface area contributed by atoms with E-state index in [1.165, 1.54) is 36.2 Å². The molecule has 2 amide bonds. The number of nitrogens with zero attached hydrogens (tertiary/aromatic N) is 1. The number of ether oxygens (including phenoxy) is 2. The number of nitrogens with one attached hydrogen (secondary N) is 1. The molecule has 0 radical (unpaired) electrons. The minimum atomic E-state index is -0.807. The second-order valence-corrected chi connectivity index (χ2v) is 5.61. The highest BCUT2D eigenvalue weighted by atomic mass is 19.1. The van der Waals surface area contributed by atoms with Crippen LogP contribution in [0.1, 0.15) is 0 Å². The van der Waals surface area contributed by atoms with Crippen molar-refractivity contribution in [1.29, 1.82) is 0 Å². The van der Waals surface area contributed by atoms with E-state index in [1.54, 1.807) is 18.2 Å². The Labute approximate surface area is 144 Å². The summed E-state index contributed by atoms with van der Waals surface area (Å²) < 4.78 is 24.0. The first-order valence-electron chi connectivity index (χ1n) is 7.72. The van der Waals surface area contributed by atoms with Gasteiger partial charge in [-0.3, -0.25) is 9.59 Å². The summed E-state index contributed by atoms with van der Waals surface area (Å²) in [6, 6.07) is 12.5. The Bertz CT molecular complexity index is 779. The summed E-state index contributed by atoms with van der Waals surface area (Å²) >= 11 is 0. The van der Waals surface area contributed by atoms with Crippen molar-refractivity contribution in [2.24, 2.45) is 0 Å². The Kier molecular flexibility index (Phi) is 4.83. The van der Waals surface area contributed by atoms with E-state index in [9.17, 15) is 14.0 Å². The van der Waals surface area contributed by atoms with Crippen molar-refractivity contribution in [3.63, 3.8) is 0 Å². The van der Waals surface area contributed by atoms with E-state index in [4.69, 9.17) is 9.47 Å². The molecule has 1 heterocycles. The maximum atomic E-state index is 12.9. The van der Waals surface area contributed by atoms with Crippen molar-refractivity contribution in [1.82, 2.24) is 4.90 Å². The van der Waals surface area contributed by atoms with Crippen LogP contribution in [0, 0.1) is 5.82 Å². The molecule has 0 aromatic heterocycles. The Morgan fingerprint density at radius 2 is 1.84 bits per heavy atom. The molecule has 25 heavy (non-hydrogen) atoms. The van der Waals surface area contributed by atoms with Crippen LogP contribution in [-0.4, -0.2) is 43.0 Å². The minimum Gasteiger partial charge on any atom is -0.485 e. The number of halogens is 1. The van der Waals surface area contributed by atoms with Gasteiger partial charge in [0.1, 0.15) is 12.4 Å². The number of carbonyl (C=O) groups excluding carboxylic acids is 2. The molecule has 0 saturated heterocycles. The number of benzene rings is 2. The van der Waals surface area contributed by atoms with E-state index in [2.05, 4.69) is 5.32 Å². The summed E-state index contributed by atoms with van der Waals surface area (Å²) in [6.45, 7) is -0.0719. The van der Waals surface area contributed by atoms with Gasteiger partial charge in [-0.25, -0.2) is 4.39 Å². The van der Waals surface area contributed by atoms with Gasteiger partial charge in [0, 0.05) is 12.7 Å². The predicted molar refractivity (Wildman–Crippen MR) is 89.0 cm³/mol. The monoisotopic (exact) mass is 344 g/mol. The van der Waals surface area contributed by atoms with Gasteiger partial charge in [-0.2, -0.15) is 0 Å². The second-order valence-electron chi connectivity index (χ2n) is 5.61. The van der Waals surface area contributed by atoms with Gasteiger partial charge in [0.05, 0.1) is 6.54 Å².